The fourth-order valence-electron chi connectivity index (χ4n) is 3.70. The molecule has 0 aliphatic rings. The van der Waals surface area contributed by atoms with Gasteiger partial charge in [0.15, 0.2) is 11.0 Å². The zero-order valence-electron chi connectivity index (χ0n) is 21.4. The number of anilines is 1. The van der Waals surface area contributed by atoms with Crippen LogP contribution in [0.5, 0.6) is 5.75 Å². The summed E-state index contributed by atoms with van der Waals surface area (Å²) in [6.07, 6.45) is 1.74. The van der Waals surface area contributed by atoms with Crippen molar-refractivity contribution in [3.63, 3.8) is 0 Å². The van der Waals surface area contributed by atoms with Gasteiger partial charge in [0.1, 0.15) is 22.9 Å². The second kappa shape index (κ2) is 12.6. The standard InChI is InChI=1S/C28H28N4O4S2/c1-5-14-32-23(15-36-22-9-7-6-8-19(22)3)30-31-28(32)38-17-24(33)29-26-25(27(34)35-4)21(16-37-26)20-12-10-18(2)11-13-20/h5-13,16H,1,14-15,17H2,2-4H3,(H,29,33). The van der Waals surface area contributed by atoms with Crippen molar-refractivity contribution >= 4 is 40.0 Å². The minimum absolute atomic E-state index is 0.0757. The van der Waals surface area contributed by atoms with Crippen LogP contribution in [0, 0.1) is 13.8 Å². The summed E-state index contributed by atoms with van der Waals surface area (Å²) >= 11 is 2.53. The first kappa shape index (κ1) is 27.2. The molecule has 0 saturated heterocycles. The third-order valence-electron chi connectivity index (χ3n) is 5.68. The van der Waals surface area contributed by atoms with Gasteiger partial charge in [-0.05, 0) is 31.0 Å². The van der Waals surface area contributed by atoms with Crippen molar-refractivity contribution in [2.45, 2.75) is 32.2 Å². The van der Waals surface area contributed by atoms with Crippen molar-refractivity contribution in [1.82, 2.24) is 14.8 Å². The molecule has 0 fully saturated rings. The number of carbonyl (C=O) groups excluding carboxylic acids is 2. The molecular formula is C28H28N4O4S2. The minimum Gasteiger partial charge on any atom is -0.485 e. The van der Waals surface area contributed by atoms with Crippen molar-refractivity contribution in [3.8, 4) is 16.9 Å². The van der Waals surface area contributed by atoms with Crippen LogP contribution in [0.1, 0.15) is 27.3 Å². The molecule has 0 aliphatic carbocycles. The van der Waals surface area contributed by atoms with Gasteiger partial charge in [-0.2, -0.15) is 0 Å². The van der Waals surface area contributed by atoms with Crippen LogP contribution in [0.2, 0.25) is 0 Å². The lowest BCUT2D eigenvalue weighted by Gasteiger charge is -2.11. The maximum absolute atomic E-state index is 12.9. The van der Waals surface area contributed by atoms with Gasteiger partial charge >= 0.3 is 5.97 Å². The van der Waals surface area contributed by atoms with Crippen LogP contribution < -0.4 is 10.1 Å². The molecule has 2 heterocycles. The van der Waals surface area contributed by atoms with Crippen molar-refractivity contribution in [3.05, 3.63) is 89.1 Å². The monoisotopic (exact) mass is 548 g/mol. The predicted octanol–water partition coefficient (Wildman–Crippen LogP) is 5.91. The van der Waals surface area contributed by atoms with Gasteiger partial charge in [0.05, 0.1) is 12.9 Å². The Morgan fingerprint density at radius 3 is 2.61 bits per heavy atom. The summed E-state index contributed by atoms with van der Waals surface area (Å²) in [5, 5.41) is 14.2. The number of carbonyl (C=O) groups is 2. The second-order valence-corrected chi connectivity index (χ2v) is 10.2. The van der Waals surface area contributed by atoms with E-state index in [1.54, 1.807) is 6.08 Å². The van der Waals surface area contributed by atoms with E-state index >= 15 is 0 Å². The van der Waals surface area contributed by atoms with Crippen molar-refractivity contribution in [1.29, 1.82) is 0 Å². The number of amides is 1. The topological polar surface area (TPSA) is 95.3 Å². The first-order valence-electron chi connectivity index (χ1n) is 11.8. The number of thiophene rings is 1. The first-order valence-corrected chi connectivity index (χ1v) is 13.7. The van der Waals surface area contributed by atoms with E-state index in [9.17, 15) is 9.59 Å². The largest absolute Gasteiger partial charge is 0.485 e. The summed E-state index contributed by atoms with van der Waals surface area (Å²) in [6, 6.07) is 15.6. The molecule has 1 amide bonds. The van der Waals surface area contributed by atoms with Gasteiger partial charge < -0.3 is 14.8 Å². The van der Waals surface area contributed by atoms with Gasteiger partial charge in [0.25, 0.3) is 0 Å². The van der Waals surface area contributed by atoms with E-state index < -0.39 is 5.97 Å². The summed E-state index contributed by atoms with van der Waals surface area (Å²) in [6.45, 7) is 8.50. The minimum atomic E-state index is -0.506. The Bertz CT molecular complexity index is 1440. The molecule has 4 aromatic rings. The molecule has 0 unspecified atom stereocenters. The van der Waals surface area contributed by atoms with Crippen LogP contribution in [-0.4, -0.2) is 39.5 Å². The number of aryl methyl sites for hydroxylation is 2. The molecule has 2 aromatic carbocycles. The summed E-state index contributed by atoms with van der Waals surface area (Å²) in [7, 11) is 1.33. The Hall–Kier alpha value is -3.89. The molecule has 4 rings (SSSR count). The molecule has 2 aromatic heterocycles. The highest BCUT2D eigenvalue weighted by atomic mass is 32.2. The maximum Gasteiger partial charge on any atom is 0.341 e. The number of hydrogen-bond donors (Lipinski definition) is 1. The van der Waals surface area contributed by atoms with Gasteiger partial charge in [-0.1, -0.05) is 65.9 Å². The van der Waals surface area contributed by atoms with E-state index in [1.807, 2.05) is 72.3 Å². The van der Waals surface area contributed by atoms with Gasteiger partial charge in [0, 0.05) is 17.5 Å². The SMILES string of the molecule is C=CCn1c(COc2ccccc2C)nnc1SCC(=O)Nc1scc(-c2ccc(C)cc2)c1C(=O)OC. The third kappa shape index (κ3) is 6.32. The number of aromatic nitrogens is 3. The summed E-state index contributed by atoms with van der Waals surface area (Å²) in [5.41, 5.74) is 4.07. The molecule has 0 aliphatic heterocycles. The number of esters is 1. The lowest BCUT2D eigenvalue weighted by atomic mass is 10.0. The van der Waals surface area contributed by atoms with E-state index in [2.05, 4.69) is 22.1 Å². The fourth-order valence-corrected chi connectivity index (χ4v) is 5.44. The highest BCUT2D eigenvalue weighted by molar-refractivity contribution is 7.99. The molecule has 8 nitrogen and oxygen atoms in total. The molecule has 0 spiro atoms. The number of para-hydroxylation sites is 1. The maximum atomic E-state index is 12.9. The summed E-state index contributed by atoms with van der Waals surface area (Å²) < 4.78 is 12.8. The molecule has 0 radical (unpaired) electrons. The van der Waals surface area contributed by atoms with E-state index in [0.29, 0.717) is 33.7 Å². The normalized spacial score (nSPS) is 10.7. The lowest BCUT2D eigenvalue weighted by Crippen LogP contribution is -2.16. The average molecular weight is 549 g/mol. The average Bonchev–Trinajstić information content (AvgIpc) is 3.51. The number of allylic oxidation sites excluding steroid dienone is 1. The van der Waals surface area contributed by atoms with Gasteiger partial charge in [-0.3, -0.25) is 9.36 Å². The number of hydrogen-bond acceptors (Lipinski definition) is 8. The number of ether oxygens (including phenoxy) is 2. The Kier molecular flexibility index (Phi) is 8.98. The zero-order valence-corrected chi connectivity index (χ0v) is 23.0. The van der Waals surface area contributed by atoms with Crippen LogP contribution in [0.4, 0.5) is 5.00 Å². The Balaban J connectivity index is 1.45. The molecular weight excluding hydrogens is 520 g/mol. The molecule has 0 saturated carbocycles. The molecule has 10 heteroatoms. The lowest BCUT2D eigenvalue weighted by molar-refractivity contribution is -0.113. The number of nitrogens with zero attached hydrogens (tertiary/aromatic N) is 3. The zero-order chi connectivity index (χ0) is 27.1. The van der Waals surface area contributed by atoms with Gasteiger partial charge in [-0.15, -0.1) is 28.1 Å². The predicted molar refractivity (Wildman–Crippen MR) is 151 cm³/mol. The Labute approximate surface area is 229 Å². The number of methoxy groups -OCH3 is 1. The van der Waals surface area contributed by atoms with Crippen LogP contribution in [0.15, 0.2) is 71.7 Å². The van der Waals surface area contributed by atoms with Crippen LogP contribution in [-0.2, 0) is 22.7 Å². The van der Waals surface area contributed by atoms with Crippen molar-refractivity contribution in [2.75, 3.05) is 18.2 Å². The number of nitrogens with one attached hydrogen (secondary N) is 1. The molecule has 1 N–H and O–H groups in total. The van der Waals surface area contributed by atoms with E-state index in [1.165, 1.54) is 30.2 Å². The Morgan fingerprint density at radius 1 is 1.13 bits per heavy atom. The second-order valence-electron chi connectivity index (χ2n) is 8.40. The smallest absolute Gasteiger partial charge is 0.341 e. The van der Waals surface area contributed by atoms with Crippen LogP contribution in [0.25, 0.3) is 11.1 Å². The van der Waals surface area contributed by atoms with Crippen LogP contribution >= 0.6 is 23.1 Å². The van der Waals surface area contributed by atoms with Gasteiger partial charge in [-0.25, -0.2) is 4.79 Å². The highest BCUT2D eigenvalue weighted by Crippen LogP contribution is 2.36. The Morgan fingerprint density at radius 2 is 1.89 bits per heavy atom. The highest BCUT2D eigenvalue weighted by Gasteiger charge is 2.23. The molecule has 0 atom stereocenters. The summed E-state index contributed by atoms with van der Waals surface area (Å²) in [4.78, 5) is 25.5. The van der Waals surface area contributed by atoms with E-state index in [0.717, 1.165) is 22.4 Å². The van der Waals surface area contributed by atoms with E-state index in [-0.39, 0.29) is 18.3 Å². The van der Waals surface area contributed by atoms with E-state index in [4.69, 9.17) is 9.47 Å². The molecule has 196 valence electrons. The van der Waals surface area contributed by atoms with Gasteiger partial charge in [0.2, 0.25) is 5.91 Å². The third-order valence-corrected chi connectivity index (χ3v) is 7.55. The van der Waals surface area contributed by atoms with Crippen LogP contribution in [0.3, 0.4) is 0 Å². The fraction of sp³-hybridized carbons (Fsp3) is 0.214. The molecule has 38 heavy (non-hydrogen) atoms. The van der Waals surface area contributed by atoms with Crippen molar-refractivity contribution in [2.24, 2.45) is 0 Å². The summed E-state index contributed by atoms with van der Waals surface area (Å²) in [5.74, 6) is 0.700. The molecule has 0 bridgehead atoms. The van der Waals surface area contributed by atoms with Crippen molar-refractivity contribution < 1.29 is 19.1 Å². The number of thioether (sulfide) groups is 1. The number of rotatable bonds is 11. The number of benzene rings is 2. The quantitative estimate of drug-likeness (QED) is 0.142. The first-order chi connectivity index (χ1) is 18.4.